The number of hydrogen-bond donors (Lipinski definition) is 2. The lowest BCUT2D eigenvalue weighted by molar-refractivity contribution is -0.120. The summed E-state index contributed by atoms with van der Waals surface area (Å²) in [5, 5.41) is 2.92. The average Bonchev–Trinajstić information content (AvgIpc) is 2.24. The van der Waals surface area contributed by atoms with Crippen LogP contribution in [-0.2, 0) is 4.79 Å². The van der Waals surface area contributed by atoms with Crippen LogP contribution in [0, 0.1) is 18.8 Å². The van der Waals surface area contributed by atoms with E-state index in [9.17, 15) is 4.79 Å². The lowest BCUT2D eigenvalue weighted by atomic mass is 9.95. The SMILES string of the molecule is Cc1ccc(Br)c(NC(=O)C(CN)C(C)C)c1. The van der Waals surface area contributed by atoms with Crippen molar-refractivity contribution in [1.29, 1.82) is 0 Å². The molecule has 3 nitrogen and oxygen atoms in total. The molecule has 0 saturated carbocycles. The minimum Gasteiger partial charge on any atom is -0.330 e. The van der Waals surface area contributed by atoms with Gasteiger partial charge >= 0.3 is 0 Å². The first kappa shape index (κ1) is 14.2. The van der Waals surface area contributed by atoms with Gasteiger partial charge in [-0.25, -0.2) is 0 Å². The van der Waals surface area contributed by atoms with Gasteiger partial charge in [0.1, 0.15) is 0 Å². The minimum absolute atomic E-state index is 0.0196. The zero-order valence-corrected chi connectivity index (χ0v) is 12.0. The number of benzene rings is 1. The van der Waals surface area contributed by atoms with Gasteiger partial charge in [0.2, 0.25) is 5.91 Å². The third-order valence-electron chi connectivity index (χ3n) is 2.78. The highest BCUT2D eigenvalue weighted by Gasteiger charge is 2.21. The molecule has 0 aliphatic carbocycles. The molecule has 0 heterocycles. The molecule has 17 heavy (non-hydrogen) atoms. The fourth-order valence-corrected chi connectivity index (χ4v) is 1.99. The van der Waals surface area contributed by atoms with E-state index in [0.29, 0.717) is 6.54 Å². The second-order valence-electron chi connectivity index (χ2n) is 4.56. The van der Waals surface area contributed by atoms with Crippen LogP contribution in [0.25, 0.3) is 0 Å². The summed E-state index contributed by atoms with van der Waals surface area (Å²) >= 11 is 3.42. The van der Waals surface area contributed by atoms with E-state index in [2.05, 4.69) is 21.2 Å². The third kappa shape index (κ3) is 3.82. The maximum Gasteiger partial charge on any atom is 0.229 e. The van der Waals surface area contributed by atoms with Gasteiger partial charge in [0.25, 0.3) is 0 Å². The fourth-order valence-electron chi connectivity index (χ4n) is 1.64. The Morgan fingerprint density at radius 3 is 2.65 bits per heavy atom. The Hall–Kier alpha value is -0.870. The molecule has 1 rings (SSSR count). The number of hydrogen-bond acceptors (Lipinski definition) is 2. The van der Waals surface area contributed by atoms with Gasteiger partial charge in [0, 0.05) is 11.0 Å². The third-order valence-corrected chi connectivity index (χ3v) is 3.47. The lowest BCUT2D eigenvalue weighted by Crippen LogP contribution is -2.33. The molecule has 0 bridgehead atoms. The van der Waals surface area contributed by atoms with Crippen molar-refractivity contribution < 1.29 is 4.79 Å². The predicted octanol–water partition coefficient (Wildman–Crippen LogP) is 2.93. The number of anilines is 1. The first-order valence-corrected chi connectivity index (χ1v) is 6.52. The molecule has 0 aromatic heterocycles. The van der Waals surface area contributed by atoms with Crippen molar-refractivity contribution in [2.45, 2.75) is 20.8 Å². The Morgan fingerprint density at radius 1 is 1.47 bits per heavy atom. The van der Waals surface area contributed by atoms with Crippen molar-refractivity contribution in [2.75, 3.05) is 11.9 Å². The molecule has 94 valence electrons. The van der Waals surface area contributed by atoms with E-state index in [1.165, 1.54) is 0 Å². The number of halogens is 1. The second-order valence-corrected chi connectivity index (χ2v) is 5.41. The van der Waals surface area contributed by atoms with Crippen LogP contribution in [0.4, 0.5) is 5.69 Å². The number of nitrogens with one attached hydrogen (secondary N) is 1. The Labute approximate surface area is 111 Å². The van der Waals surface area contributed by atoms with E-state index >= 15 is 0 Å². The summed E-state index contributed by atoms with van der Waals surface area (Å²) in [4.78, 5) is 12.0. The smallest absolute Gasteiger partial charge is 0.229 e. The van der Waals surface area contributed by atoms with Crippen LogP contribution in [0.15, 0.2) is 22.7 Å². The Bertz CT molecular complexity index is 404. The molecule has 0 radical (unpaired) electrons. The molecule has 3 N–H and O–H groups in total. The second kappa shape index (κ2) is 6.17. The summed E-state index contributed by atoms with van der Waals surface area (Å²) in [6, 6.07) is 5.86. The first-order chi connectivity index (χ1) is 7.95. The molecule has 0 saturated heterocycles. The summed E-state index contributed by atoms with van der Waals surface area (Å²) in [6.45, 7) is 6.36. The van der Waals surface area contributed by atoms with Crippen molar-refractivity contribution in [3.63, 3.8) is 0 Å². The van der Waals surface area contributed by atoms with Gasteiger partial charge in [-0.2, -0.15) is 0 Å². The number of carbonyl (C=O) groups is 1. The maximum absolute atomic E-state index is 12.0. The van der Waals surface area contributed by atoms with Gasteiger partial charge in [-0.15, -0.1) is 0 Å². The summed E-state index contributed by atoms with van der Waals surface area (Å²) in [7, 11) is 0. The van der Waals surface area contributed by atoms with Crippen molar-refractivity contribution in [3.05, 3.63) is 28.2 Å². The lowest BCUT2D eigenvalue weighted by Gasteiger charge is -2.19. The first-order valence-electron chi connectivity index (χ1n) is 5.72. The molecule has 0 aliphatic heterocycles. The standard InChI is InChI=1S/C13H19BrN2O/c1-8(2)10(7-15)13(17)16-12-6-9(3)4-5-11(12)14/h4-6,8,10H,7,15H2,1-3H3,(H,16,17). The number of aryl methyl sites for hydroxylation is 1. The Balaban J connectivity index is 2.83. The molecule has 4 heteroatoms. The van der Waals surface area contributed by atoms with Gasteiger partial charge in [-0.05, 0) is 46.5 Å². The molecular weight excluding hydrogens is 280 g/mol. The molecule has 1 atom stereocenters. The van der Waals surface area contributed by atoms with Crippen molar-refractivity contribution in [3.8, 4) is 0 Å². The Morgan fingerprint density at radius 2 is 2.12 bits per heavy atom. The van der Waals surface area contributed by atoms with E-state index < -0.39 is 0 Å². The monoisotopic (exact) mass is 298 g/mol. The summed E-state index contributed by atoms with van der Waals surface area (Å²) < 4.78 is 0.885. The highest BCUT2D eigenvalue weighted by Crippen LogP contribution is 2.24. The predicted molar refractivity (Wildman–Crippen MR) is 74.9 cm³/mol. The maximum atomic E-state index is 12.0. The van der Waals surface area contributed by atoms with Crippen molar-refractivity contribution in [1.82, 2.24) is 0 Å². The molecule has 0 fully saturated rings. The summed E-state index contributed by atoms with van der Waals surface area (Å²) in [5.74, 6) is 0.0693. The molecule has 1 aromatic carbocycles. The molecule has 0 aliphatic rings. The van der Waals surface area contributed by atoms with E-state index in [0.717, 1.165) is 15.7 Å². The van der Waals surface area contributed by atoms with E-state index in [1.807, 2.05) is 39.0 Å². The van der Waals surface area contributed by atoms with Gasteiger partial charge in [0.15, 0.2) is 0 Å². The van der Waals surface area contributed by atoms with Gasteiger partial charge < -0.3 is 11.1 Å². The Kier molecular flexibility index (Phi) is 5.15. The molecule has 0 spiro atoms. The summed E-state index contributed by atoms with van der Waals surface area (Å²) in [6.07, 6.45) is 0. The number of rotatable bonds is 4. The van der Waals surface area contributed by atoms with Crippen LogP contribution in [0.2, 0.25) is 0 Å². The number of carbonyl (C=O) groups excluding carboxylic acids is 1. The van der Waals surface area contributed by atoms with Crippen LogP contribution in [-0.4, -0.2) is 12.5 Å². The van der Waals surface area contributed by atoms with E-state index in [-0.39, 0.29) is 17.7 Å². The summed E-state index contributed by atoms with van der Waals surface area (Å²) in [5.41, 5.74) is 7.53. The molecule has 1 amide bonds. The van der Waals surface area contributed by atoms with Crippen LogP contribution in [0.5, 0.6) is 0 Å². The average molecular weight is 299 g/mol. The zero-order valence-electron chi connectivity index (χ0n) is 10.5. The van der Waals surface area contributed by atoms with Crippen LogP contribution >= 0.6 is 15.9 Å². The van der Waals surface area contributed by atoms with Crippen LogP contribution < -0.4 is 11.1 Å². The topological polar surface area (TPSA) is 55.1 Å². The normalized spacial score (nSPS) is 12.6. The molecular formula is C13H19BrN2O. The van der Waals surface area contributed by atoms with Crippen molar-refractivity contribution in [2.24, 2.45) is 17.6 Å². The molecule has 1 unspecified atom stereocenters. The largest absolute Gasteiger partial charge is 0.330 e. The van der Waals surface area contributed by atoms with E-state index in [4.69, 9.17) is 5.73 Å². The van der Waals surface area contributed by atoms with Crippen molar-refractivity contribution >= 4 is 27.5 Å². The number of amides is 1. The fraction of sp³-hybridized carbons (Fsp3) is 0.462. The van der Waals surface area contributed by atoms with Crippen LogP contribution in [0.1, 0.15) is 19.4 Å². The molecule has 1 aromatic rings. The highest BCUT2D eigenvalue weighted by atomic mass is 79.9. The highest BCUT2D eigenvalue weighted by molar-refractivity contribution is 9.10. The van der Waals surface area contributed by atoms with E-state index in [1.54, 1.807) is 0 Å². The van der Waals surface area contributed by atoms with Crippen LogP contribution in [0.3, 0.4) is 0 Å². The number of nitrogens with two attached hydrogens (primary N) is 1. The van der Waals surface area contributed by atoms with Gasteiger partial charge in [0.05, 0.1) is 11.6 Å². The van der Waals surface area contributed by atoms with Gasteiger partial charge in [-0.3, -0.25) is 4.79 Å². The minimum atomic E-state index is -0.151. The van der Waals surface area contributed by atoms with Gasteiger partial charge in [-0.1, -0.05) is 19.9 Å². The quantitative estimate of drug-likeness (QED) is 0.898. The zero-order chi connectivity index (χ0) is 13.0.